The van der Waals surface area contributed by atoms with Gasteiger partial charge in [0.2, 0.25) is 0 Å². The normalized spacial score (nSPS) is 18.3. The van der Waals surface area contributed by atoms with E-state index in [4.69, 9.17) is 0 Å². The largest absolute Gasteiger partial charge is 0.269 e. The number of amides is 2. The van der Waals surface area contributed by atoms with Crippen LogP contribution in [-0.4, -0.2) is 26.5 Å². The highest BCUT2D eigenvalue weighted by Gasteiger charge is 2.35. The Morgan fingerprint density at radius 3 is 2.27 bits per heavy atom. The SMILES string of the molecule is O=C1c2ccccc2C(=O)N1Cc1ccnn1C1CCCC1. The molecule has 0 saturated heterocycles. The number of carbonyl (C=O) groups is 2. The Labute approximate surface area is 128 Å². The highest BCUT2D eigenvalue weighted by molar-refractivity contribution is 6.21. The van der Waals surface area contributed by atoms with Crippen LogP contribution in [0.1, 0.15) is 58.1 Å². The minimum Gasteiger partial charge on any atom is -0.269 e. The fourth-order valence-electron chi connectivity index (χ4n) is 3.49. The number of rotatable bonds is 3. The minimum absolute atomic E-state index is 0.209. The van der Waals surface area contributed by atoms with E-state index in [-0.39, 0.29) is 11.8 Å². The molecule has 1 aromatic carbocycles. The van der Waals surface area contributed by atoms with Gasteiger partial charge in [0, 0.05) is 6.20 Å². The van der Waals surface area contributed by atoms with E-state index in [1.807, 2.05) is 10.7 Å². The molecule has 2 aliphatic rings. The standard InChI is InChI=1S/C17H17N3O2/c21-16-14-7-3-4-8-15(14)17(22)19(16)11-13-9-10-18-20(13)12-5-1-2-6-12/h3-4,7-10,12H,1-2,5-6,11H2. The molecule has 4 rings (SSSR count). The van der Waals surface area contributed by atoms with Crippen LogP contribution in [0.15, 0.2) is 36.5 Å². The summed E-state index contributed by atoms with van der Waals surface area (Å²) in [6.45, 7) is 0.294. The summed E-state index contributed by atoms with van der Waals surface area (Å²) in [5.74, 6) is -0.417. The maximum atomic E-state index is 12.4. The van der Waals surface area contributed by atoms with E-state index in [1.54, 1.807) is 30.5 Å². The van der Waals surface area contributed by atoms with E-state index >= 15 is 0 Å². The predicted octanol–water partition coefficient (Wildman–Crippen LogP) is 2.79. The van der Waals surface area contributed by atoms with Crippen LogP contribution in [0.2, 0.25) is 0 Å². The molecule has 112 valence electrons. The Balaban J connectivity index is 1.62. The summed E-state index contributed by atoms with van der Waals surface area (Å²) in [4.78, 5) is 26.2. The van der Waals surface area contributed by atoms with E-state index in [2.05, 4.69) is 5.10 Å². The van der Waals surface area contributed by atoms with Gasteiger partial charge in [0.25, 0.3) is 11.8 Å². The van der Waals surface area contributed by atoms with Crippen LogP contribution >= 0.6 is 0 Å². The number of nitrogens with zero attached hydrogens (tertiary/aromatic N) is 3. The number of imide groups is 1. The van der Waals surface area contributed by atoms with Crippen LogP contribution in [0.25, 0.3) is 0 Å². The highest BCUT2D eigenvalue weighted by atomic mass is 16.2. The van der Waals surface area contributed by atoms with E-state index in [0.717, 1.165) is 18.5 Å². The molecular formula is C17H17N3O2. The van der Waals surface area contributed by atoms with E-state index < -0.39 is 0 Å². The predicted molar refractivity (Wildman–Crippen MR) is 80.4 cm³/mol. The third kappa shape index (κ3) is 1.96. The maximum Gasteiger partial charge on any atom is 0.261 e. The van der Waals surface area contributed by atoms with Gasteiger partial charge in [-0.15, -0.1) is 0 Å². The molecule has 1 saturated carbocycles. The molecule has 1 aliphatic carbocycles. The van der Waals surface area contributed by atoms with Crippen molar-refractivity contribution in [1.29, 1.82) is 0 Å². The molecule has 1 fully saturated rings. The number of aromatic nitrogens is 2. The molecule has 5 heteroatoms. The number of benzene rings is 1. The van der Waals surface area contributed by atoms with Gasteiger partial charge in [-0.1, -0.05) is 25.0 Å². The molecular weight excluding hydrogens is 278 g/mol. The second-order valence-corrected chi connectivity index (χ2v) is 5.95. The molecule has 1 aromatic heterocycles. The van der Waals surface area contributed by atoms with Crippen molar-refractivity contribution in [3.8, 4) is 0 Å². The van der Waals surface area contributed by atoms with Crippen LogP contribution < -0.4 is 0 Å². The Bertz CT molecular complexity index is 709. The summed E-state index contributed by atoms with van der Waals surface area (Å²) >= 11 is 0. The first-order valence-electron chi connectivity index (χ1n) is 7.73. The fraction of sp³-hybridized carbons (Fsp3) is 0.353. The van der Waals surface area contributed by atoms with Crippen molar-refractivity contribution in [3.05, 3.63) is 53.3 Å². The molecule has 0 atom stereocenters. The van der Waals surface area contributed by atoms with Gasteiger partial charge in [0.15, 0.2) is 0 Å². The Kier molecular flexibility index (Phi) is 3.06. The zero-order chi connectivity index (χ0) is 15.1. The van der Waals surface area contributed by atoms with Crippen LogP contribution in [0.5, 0.6) is 0 Å². The molecule has 5 nitrogen and oxygen atoms in total. The third-order valence-corrected chi connectivity index (χ3v) is 4.62. The van der Waals surface area contributed by atoms with Crippen molar-refractivity contribution in [2.24, 2.45) is 0 Å². The summed E-state index contributed by atoms with van der Waals surface area (Å²) in [6.07, 6.45) is 6.44. The highest BCUT2D eigenvalue weighted by Crippen LogP contribution is 2.31. The van der Waals surface area contributed by atoms with Crippen LogP contribution in [0.4, 0.5) is 0 Å². The molecule has 2 aromatic rings. The zero-order valence-electron chi connectivity index (χ0n) is 12.2. The van der Waals surface area contributed by atoms with Gasteiger partial charge < -0.3 is 0 Å². The van der Waals surface area contributed by atoms with Gasteiger partial charge in [-0.25, -0.2) is 0 Å². The quantitative estimate of drug-likeness (QED) is 0.818. The molecule has 1 aliphatic heterocycles. The topological polar surface area (TPSA) is 55.2 Å². The summed E-state index contributed by atoms with van der Waals surface area (Å²) in [6, 6.07) is 9.31. The van der Waals surface area contributed by atoms with Gasteiger partial charge in [-0.05, 0) is 31.0 Å². The van der Waals surface area contributed by atoms with Gasteiger partial charge in [-0.3, -0.25) is 19.2 Å². The van der Waals surface area contributed by atoms with Crippen LogP contribution in [-0.2, 0) is 6.54 Å². The first kappa shape index (κ1) is 13.2. The van der Waals surface area contributed by atoms with Gasteiger partial charge in [0.05, 0.1) is 29.4 Å². The molecule has 0 radical (unpaired) electrons. The van der Waals surface area contributed by atoms with E-state index in [1.165, 1.54) is 17.7 Å². The molecule has 2 amide bonds. The van der Waals surface area contributed by atoms with Crippen molar-refractivity contribution in [3.63, 3.8) is 0 Å². The second-order valence-electron chi connectivity index (χ2n) is 5.95. The zero-order valence-corrected chi connectivity index (χ0v) is 12.2. The summed E-state index contributed by atoms with van der Waals surface area (Å²) < 4.78 is 2.00. The third-order valence-electron chi connectivity index (χ3n) is 4.62. The Morgan fingerprint density at radius 2 is 1.64 bits per heavy atom. The lowest BCUT2D eigenvalue weighted by Crippen LogP contribution is -2.30. The lowest BCUT2D eigenvalue weighted by Gasteiger charge is -2.18. The van der Waals surface area contributed by atoms with Crippen molar-refractivity contribution in [1.82, 2.24) is 14.7 Å². The monoisotopic (exact) mass is 295 g/mol. The molecule has 2 heterocycles. The number of carbonyl (C=O) groups excluding carboxylic acids is 2. The molecule has 22 heavy (non-hydrogen) atoms. The lowest BCUT2D eigenvalue weighted by atomic mass is 10.1. The molecule has 0 N–H and O–H groups in total. The molecule has 0 spiro atoms. The van der Waals surface area contributed by atoms with E-state index in [0.29, 0.717) is 23.7 Å². The van der Waals surface area contributed by atoms with Crippen molar-refractivity contribution >= 4 is 11.8 Å². The van der Waals surface area contributed by atoms with Gasteiger partial charge >= 0.3 is 0 Å². The summed E-state index contributed by atoms with van der Waals surface area (Å²) in [7, 11) is 0. The average molecular weight is 295 g/mol. The van der Waals surface area contributed by atoms with E-state index in [9.17, 15) is 9.59 Å². The Hall–Kier alpha value is -2.43. The fourth-order valence-corrected chi connectivity index (χ4v) is 3.49. The first-order valence-corrected chi connectivity index (χ1v) is 7.73. The van der Waals surface area contributed by atoms with Crippen LogP contribution in [0, 0.1) is 0 Å². The maximum absolute atomic E-state index is 12.4. The minimum atomic E-state index is -0.209. The molecule has 0 unspecified atom stereocenters. The number of hydrogen-bond donors (Lipinski definition) is 0. The molecule has 0 bridgehead atoms. The number of fused-ring (bicyclic) bond motifs is 1. The van der Waals surface area contributed by atoms with Crippen molar-refractivity contribution in [2.75, 3.05) is 0 Å². The first-order chi connectivity index (χ1) is 10.8. The number of hydrogen-bond acceptors (Lipinski definition) is 3. The summed E-state index contributed by atoms with van der Waals surface area (Å²) in [5.41, 5.74) is 1.93. The van der Waals surface area contributed by atoms with Crippen molar-refractivity contribution < 1.29 is 9.59 Å². The van der Waals surface area contributed by atoms with Crippen molar-refractivity contribution in [2.45, 2.75) is 38.3 Å². The smallest absolute Gasteiger partial charge is 0.261 e. The lowest BCUT2D eigenvalue weighted by molar-refractivity contribution is 0.0637. The van der Waals surface area contributed by atoms with Gasteiger partial charge in [0.1, 0.15) is 0 Å². The second kappa shape index (κ2) is 5.09. The van der Waals surface area contributed by atoms with Crippen LogP contribution in [0.3, 0.4) is 0 Å². The Morgan fingerprint density at radius 1 is 1.00 bits per heavy atom. The average Bonchev–Trinajstić information content (AvgIpc) is 3.25. The summed E-state index contributed by atoms with van der Waals surface area (Å²) in [5, 5.41) is 4.41. The van der Waals surface area contributed by atoms with Gasteiger partial charge in [-0.2, -0.15) is 5.10 Å².